The number of carbonyl (C=O) groups is 1. The molecule has 0 spiro atoms. The lowest BCUT2D eigenvalue weighted by atomic mass is 9.93. The molecule has 2 heterocycles. The molecular formula is C19H30N2O3. The van der Waals surface area contributed by atoms with Crippen molar-refractivity contribution >= 4 is 6.03 Å². The van der Waals surface area contributed by atoms with Crippen LogP contribution in [0.25, 0.3) is 0 Å². The van der Waals surface area contributed by atoms with E-state index in [0.29, 0.717) is 0 Å². The lowest BCUT2D eigenvalue weighted by molar-refractivity contribution is 0.112. The van der Waals surface area contributed by atoms with Crippen LogP contribution in [-0.2, 0) is 6.42 Å². The van der Waals surface area contributed by atoms with Gasteiger partial charge in [-0.2, -0.15) is 0 Å². The molecule has 0 unspecified atom stereocenters. The summed E-state index contributed by atoms with van der Waals surface area (Å²) in [6.45, 7) is 2.87. The van der Waals surface area contributed by atoms with Crippen LogP contribution >= 0.6 is 0 Å². The SMILES string of the molecule is CCc1ccc([C@H]2CCCCCN2C(=O)NC2CCC(O)CC2)o1. The van der Waals surface area contributed by atoms with E-state index in [4.69, 9.17) is 4.42 Å². The highest BCUT2D eigenvalue weighted by atomic mass is 16.3. The third kappa shape index (κ3) is 4.12. The van der Waals surface area contributed by atoms with Gasteiger partial charge in [0.05, 0.1) is 12.1 Å². The van der Waals surface area contributed by atoms with Crippen molar-refractivity contribution in [3.05, 3.63) is 23.7 Å². The van der Waals surface area contributed by atoms with E-state index >= 15 is 0 Å². The molecule has 1 atom stereocenters. The Bertz CT molecular complexity index is 534. The van der Waals surface area contributed by atoms with Crippen molar-refractivity contribution < 1.29 is 14.3 Å². The maximum Gasteiger partial charge on any atom is 0.318 e. The molecule has 5 nitrogen and oxygen atoms in total. The predicted molar refractivity (Wildman–Crippen MR) is 92.8 cm³/mol. The zero-order valence-electron chi connectivity index (χ0n) is 14.7. The maximum atomic E-state index is 12.9. The van der Waals surface area contributed by atoms with Crippen molar-refractivity contribution in [3.8, 4) is 0 Å². The minimum absolute atomic E-state index is 0.0257. The third-order valence-electron chi connectivity index (χ3n) is 5.40. The standard InChI is InChI=1S/C19H30N2O3/c1-2-16-11-12-18(24-16)17-6-4-3-5-13-21(17)19(23)20-14-7-9-15(22)10-8-14/h11-12,14-15,17,22H,2-10,13H2,1H3,(H,20,23)/t14?,15?,17-/m1/s1. The lowest BCUT2D eigenvalue weighted by Gasteiger charge is -2.32. The number of aliphatic hydroxyl groups is 1. The van der Waals surface area contributed by atoms with Crippen molar-refractivity contribution in [1.82, 2.24) is 10.2 Å². The number of urea groups is 1. The van der Waals surface area contributed by atoms with Gasteiger partial charge in [-0.1, -0.05) is 19.8 Å². The molecule has 0 radical (unpaired) electrons. The first-order valence-electron chi connectivity index (χ1n) is 9.51. The van der Waals surface area contributed by atoms with Gasteiger partial charge in [0.1, 0.15) is 11.5 Å². The molecule has 3 rings (SSSR count). The first-order chi connectivity index (χ1) is 11.7. The van der Waals surface area contributed by atoms with Gasteiger partial charge in [-0.05, 0) is 50.7 Å². The quantitative estimate of drug-likeness (QED) is 0.884. The Balaban J connectivity index is 1.68. The number of aliphatic hydroxyl groups excluding tert-OH is 1. The summed E-state index contributed by atoms with van der Waals surface area (Å²) in [5.41, 5.74) is 0. The average molecular weight is 334 g/mol. The van der Waals surface area contributed by atoms with Gasteiger partial charge in [-0.15, -0.1) is 0 Å². The molecule has 2 amide bonds. The van der Waals surface area contributed by atoms with Crippen LogP contribution in [0.1, 0.15) is 75.9 Å². The van der Waals surface area contributed by atoms with E-state index in [9.17, 15) is 9.90 Å². The number of nitrogens with zero attached hydrogens (tertiary/aromatic N) is 1. The summed E-state index contributed by atoms with van der Waals surface area (Å²) in [5, 5.41) is 12.8. The first kappa shape index (κ1) is 17.3. The number of aryl methyl sites for hydroxylation is 1. The lowest BCUT2D eigenvalue weighted by Crippen LogP contribution is -2.47. The van der Waals surface area contributed by atoms with Gasteiger partial charge in [0.25, 0.3) is 0 Å². The number of rotatable bonds is 3. The molecular weight excluding hydrogens is 304 g/mol. The minimum atomic E-state index is -0.195. The molecule has 1 saturated heterocycles. The number of nitrogens with one attached hydrogen (secondary N) is 1. The highest BCUT2D eigenvalue weighted by molar-refractivity contribution is 5.75. The molecule has 2 N–H and O–H groups in total. The normalized spacial score (nSPS) is 28.4. The average Bonchev–Trinajstić information content (AvgIpc) is 2.93. The Kier molecular flexibility index (Phi) is 5.82. The van der Waals surface area contributed by atoms with Gasteiger partial charge in [-0.3, -0.25) is 0 Å². The molecule has 1 aliphatic carbocycles. The molecule has 0 aromatic carbocycles. The Morgan fingerprint density at radius 3 is 2.71 bits per heavy atom. The molecule has 1 aromatic rings. The number of hydrogen-bond acceptors (Lipinski definition) is 3. The van der Waals surface area contributed by atoms with Crippen LogP contribution in [0, 0.1) is 0 Å². The van der Waals surface area contributed by atoms with Crippen molar-refractivity contribution in [2.45, 2.75) is 82.9 Å². The van der Waals surface area contributed by atoms with Gasteiger partial charge < -0.3 is 19.7 Å². The van der Waals surface area contributed by atoms with Gasteiger partial charge in [0, 0.05) is 19.0 Å². The van der Waals surface area contributed by atoms with Gasteiger partial charge in [0.15, 0.2) is 0 Å². The van der Waals surface area contributed by atoms with Crippen molar-refractivity contribution in [2.75, 3.05) is 6.54 Å². The molecule has 5 heteroatoms. The van der Waals surface area contributed by atoms with Gasteiger partial charge in [0.2, 0.25) is 0 Å². The summed E-state index contributed by atoms with van der Waals surface area (Å²) < 4.78 is 5.96. The summed E-state index contributed by atoms with van der Waals surface area (Å²) in [6.07, 6.45) is 8.30. The number of hydrogen-bond donors (Lipinski definition) is 2. The molecule has 1 aliphatic heterocycles. The zero-order chi connectivity index (χ0) is 16.9. The summed E-state index contributed by atoms with van der Waals surface area (Å²) in [5.74, 6) is 1.90. The van der Waals surface area contributed by atoms with E-state index in [1.54, 1.807) is 0 Å². The monoisotopic (exact) mass is 334 g/mol. The molecule has 2 aliphatic rings. The predicted octanol–water partition coefficient (Wildman–Crippen LogP) is 3.77. The van der Waals surface area contributed by atoms with E-state index in [-0.39, 0.29) is 24.2 Å². The van der Waals surface area contributed by atoms with E-state index in [1.807, 2.05) is 17.0 Å². The Morgan fingerprint density at radius 1 is 1.21 bits per heavy atom. The van der Waals surface area contributed by atoms with Crippen LogP contribution in [0.3, 0.4) is 0 Å². The van der Waals surface area contributed by atoms with Gasteiger partial charge in [-0.25, -0.2) is 4.79 Å². The van der Waals surface area contributed by atoms with E-state index < -0.39 is 0 Å². The van der Waals surface area contributed by atoms with Crippen LogP contribution in [0.2, 0.25) is 0 Å². The number of likely N-dealkylation sites (tertiary alicyclic amines) is 1. The largest absolute Gasteiger partial charge is 0.464 e. The highest BCUT2D eigenvalue weighted by Gasteiger charge is 2.31. The number of amides is 2. The van der Waals surface area contributed by atoms with Crippen LogP contribution in [-0.4, -0.2) is 34.7 Å². The minimum Gasteiger partial charge on any atom is -0.464 e. The smallest absolute Gasteiger partial charge is 0.318 e. The molecule has 2 fully saturated rings. The molecule has 24 heavy (non-hydrogen) atoms. The number of carbonyl (C=O) groups excluding carboxylic acids is 1. The molecule has 134 valence electrons. The Labute approximate surface area is 144 Å². The van der Waals surface area contributed by atoms with Gasteiger partial charge >= 0.3 is 6.03 Å². The summed E-state index contributed by atoms with van der Waals surface area (Å²) in [7, 11) is 0. The topological polar surface area (TPSA) is 65.7 Å². The fourth-order valence-electron chi connectivity index (χ4n) is 3.89. The van der Waals surface area contributed by atoms with Crippen LogP contribution < -0.4 is 5.32 Å². The first-order valence-corrected chi connectivity index (χ1v) is 9.51. The molecule has 1 aromatic heterocycles. The van der Waals surface area contributed by atoms with E-state index in [1.165, 1.54) is 0 Å². The summed E-state index contributed by atoms with van der Waals surface area (Å²) in [4.78, 5) is 14.8. The second-order valence-corrected chi connectivity index (χ2v) is 7.17. The third-order valence-corrected chi connectivity index (χ3v) is 5.40. The second-order valence-electron chi connectivity index (χ2n) is 7.17. The summed E-state index contributed by atoms with van der Waals surface area (Å²) >= 11 is 0. The fourth-order valence-corrected chi connectivity index (χ4v) is 3.89. The summed E-state index contributed by atoms with van der Waals surface area (Å²) in [6, 6.07) is 4.32. The van der Waals surface area contributed by atoms with Crippen LogP contribution in [0.15, 0.2) is 16.5 Å². The van der Waals surface area contributed by atoms with Crippen LogP contribution in [0.5, 0.6) is 0 Å². The molecule has 1 saturated carbocycles. The fraction of sp³-hybridized carbons (Fsp3) is 0.737. The van der Waals surface area contributed by atoms with Crippen molar-refractivity contribution in [1.29, 1.82) is 0 Å². The Morgan fingerprint density at radius 2 is 2.00 bits per heavy atom. The number of furan rings is 1. The van der Waals surface area contributed by atoms with E-state index in [0.717, 1.165) is 75.9 Å². The molecule has 0 bridgehead atoms. The van der Waals surface area contributed by atoms with E-state index in [2.05, 4.69) is 12.2 Å². The second kappa shape index (κ2) is 8.06. The van der Waals surface area contributed by atoms with Crippen LogP contribution in [0.4, 0.5) is 4.79 Å². The Hall–Kier alpha value is -1.49. The maximum absolute atomic E-state index is 12.9. The highest BCUT2D eigenvalue weighted by Crippen LogP contribution is 2.32. The van der Waals surface area contributed by atoms with Crippen molar-refractivity contribution in [3.63, 3.8) is 0 Å². The van der Waals surface area contributed by atoms with Crippen molar-refractivity contribution in [2.24, 2.45) is 0 Å². The zero-order valence-corrected chi connectivity index (χ0v) is 14.7.